The smallest absolute Gasteiger partial charge is 0.339 e. The standard InChI is InChI=1S/C19H16O7/c1-23-16(20)13-10-26-14-9-8-11-6-4-5-7-12(11)15(14)19(13,17(21)24-2)18(22)25-3/h4-10H,1-3H3. The van der Waals surface area contributed by atoms with Crippen LogP contribution in [0.4, 0.5) is 0 Å². The van der Waals surface area contributed by atoms with Crippen LogP contribution < -0.4 is 4.74 Å². The summed E-state index contributed by atoms with van der Waals surface area (Å²) in [7, 11) is 3.39. The van der Waals surface area contributed by atoms with Crippen molar-refractivity contribution in [1.82, 2.24) is 0 Å². The second-order valence-corrected chi connectivity index (χ2v) is 5.53. The molecule has 0 saturated heterocycles. The van der Waals surface area contributed by atoms with Crippen molar-refractivity contribution in [3.05, 3.63) is 53.8 Å². The van der Waals surface area contributed by atoms with Crippen molar-refractivity contribution in [3.63, 3.8) is 0 Å². The maximum Gasteiger partial charge on any atom is 0.339 e. The van der Waals surface area contributed by atoms with Gasteiger partial charge in [0.25, 0.3) is 0 Å². The Hall–Kier alpha value is -3.35. The molecule has 1 aliphatic heterocycles. The maximum absolute atomic E-state index is 12.9. The number of benzene rings is 2. The molecule has 0 radical (unpaired) electrons. The third kappa shape index (κ3) is 2.24. The molecule has 2 aromatic rings. The van der Waals surface area contributed by atoms with Gasteiger partial charge >= 0.3 is 17.9 Å². The highest BCUT2D eigenvalue weighted by molar-refractivity contribution is 6.20. The molecule has 7 nitrogen and oxygen atoms in total. The number of esters is 3. The number of carbonyl (C=O) groups is 3. The van der Waals surface area contributed by atoms with Crippen molar-refractivity contribution in [2.45, 2.75) is 5.41 Å². The first-order valence-electron chi connectivity index (χ1n) is 7.67. The first-order valence-corrected chi connectivity index (χ1v) is 7.67. The van der Waals surface area contributed by atoms with Gasteiger partial charge in [0.15, 0.2) is 0 Å². The van der Waals surface area contributed by atoms with Gasteiger partial charge in [-0.25, -0.2) is 4.79 Å². The molecule has 7 heteroatoms. The van der Waals surface area contributed by atoms with Crippen LogP contribution >= 0.6 is 0 Å². The van der Waals surface area contributed by atoms with E-state index in [1.54, 1.807) is 24.3 Å². The molecular weight excluding hydrogens is 340 g/mol. The molecule has 134 valence electrons. The van der Waals surface area contributed by atoms with Crippen LogP contribution in [0.2, 0.25) is 0 Å². The number of ether oxygens (including phenoxy) is 4. The van der Waals surface area contributed by atoms with Gasteiger partial charge in [0, 0.05) is 5.56 Å². The SMILES string of the molecule is COC(=O)C1=COc2ccc3ccccc3c2C1(C(=O)OC)C(=O)OC. The third-order valence-corrected chi connectivity index (χ3v) is 4.36. The Labute approximate surface area is 149 Å². The van der Waals surface area contributed by atoms with Crippen LogP contribution in [0.5, 0.6) is 5.75 Å². The predicted molar refractivity (Wildman–Crippen MR) is 90.4 cm³/mol. The quantitative estimate of drug-likeness (QED) is 0.471. The molecule has 0 fully saturated rings. The van der Waals surface area contributed by atoms with Crippen LogP contribution in [-0.2, 0) is 34.0 Å². The van der Waals surface area contributed by atoms with Crippen molar-refractivity contribution in [2.24, 2.45) is 0 Å². The van der Waals surface area contributed by atoms with Gasteiger partial charge in [-0.1, -0.05) is 30.3 Å². The molecule has 0 amide bonds. The van der Waals surface area contributed by atoms with E-state index in [1.807, 2.05) is 12.1 Å². The van der Waals surface area contributed by atoms with E-state index < -0.39 is 23.3 Å². The average molecular weight is 356 g/mol. The minimum atomic E-state index is -2.16. The second kappa shape index (κ2) is 6.51. The number of fused-ring (bicyclic) bond motifs is 3. The molecule has 0 unspecified atom stereocenters. The van der Waals surface area contributed by atoms with Gasteiger partial charge in [0.1, 0.15) is 17.6 Å². The Bertz CT molecular complexity index is 926. The van der Waals surface area contributed by atoms with E-state index in [0.717, 1.165) is 33.0 Å². The summed E-state index contributed by atoms with van der Waals surface area (Å²) in [6, 6.07) is 10.5. The van der Waals surface area contributed by atoms with Crippen molar-refractivity contribution in [2.75, 3.05) is 21.3 Å². The van der Waals surface area contributed by atoms with Crippen molar-refractivity contribution in [3.8, 4) is 5.75 Å². The normalized spacial score (nSPS) is 14.5. The number of hydrogen-bond donors (Lipinski definition) is 0. The summed E-state index contributed by atoms with van der Waals surface area (Å²) in [5, 5.41) is 1.30. The average Bonchev–Trinajstić information content (AvgIpc) is 2.70. The molecule has 1 aliphatic rings. The van der Waals surface area contributed by atoms with Crippen molar-refractivity contribution in [1.29, 1.82) is 0 Å². The van der Waals surface area contributed by atoms with Crippen LogP contribution in [0, 0.1) is 0 Å². The van der Waals surface area contributed by atoms with Gasteiger partial charge in [-0.2, -0.15) is 0 Å². The van der Waals surface area contributed by atoms with Gasteiger partial charge < -0.3 is 18.9 Å². The third-order valence-electron chi connectivity index (χ3n) is 4.36. The van der Waals surface area contributed by atoms with E-state index in [4.69, 9.17) is 18.9 Å². The minimum Gasteiger partial charge on any atom is -0.468 e. The molecule has 2 aromatic carbocycles. The lowest BCUT2D eigenvalue weighted by Crippen LogP contribution is -2.51. The van der Waals surface area contributed by atoms with Gasteiger partial charge in [-0.15, -0.1) is 0 Å². The Morgan fingerprint density at radius 2 is 1.54 bits per heavy atom. The molecule has 26 heavy (non-hydrogen) atoms. The molecule has 3 rings (SSSR count). The largest absolute Gasteiger partial charge is 0.468 e. The van der Waals surface area contributed by atoms with Crippen molar-refractivity contribution < 1.29 is 33.3 Å². The second-order valence-electron chi connectivity index (χ2n) is 5.53. The summed E-state index contributed by atoms with van der Waals surface area (Å²) in [5.41, 5.74) is -2.30. The molecule has 0 N–H and O–H groups in total. The summed E-state index contributed by atoms with van der Waals surface area (Å²) in [4.78, 5) is 38.2. The predicted octanol–water partition coefficient (Wildman–Crippen LogP) is 1.87. The fraction of sp³-hybridized carbons (Fsp3) is 0.211. The summed E-state index contributed by atoms with van der Waals surface area (Å²) < 4.78 is 20.1. The van der Waals surface area contributed by atoms with E-state index in [-0.39, 0.29) is 16.9 Å². The van der Waals surface area contributed by atoms with Gasteiger partial charge in [-0.05, 0) is 16.8 Å². The van der Waals surface area contributed by atoms with Crippen LogP contribution in [0.3, 0.4) is 0 Å². The van der Waals surface area contributed by atoms with Gasteiger partial charge in [0.05, 0.1) is 21.3 Å². The summed E-state index contributed by atoms with van der Waals surface area (Å²) in [6.45, 7) is 0. The topological polar surface area (TPSA) is 88.1 Å². The van der Waals surface area contributed by atoms with Gasteiger partial charge in [-0.3, -0.25) is 9.59 Å². The number of carbonyl (C=O) groups excluding carboxylic acids is 3. The number of rotatable bonds is 3. The first kappa shape index (κ1) is 17.5. The molecule has 0 aliphatic carbocycles. The monoisotopic (exact) mass is 356 g/mol. The molecule has 0 spiro atoms. The number of methoxy groups -OCH3 is 3. The fourth-order valence-electron chi connectivity index (χ4n) is 3.21. The summed E-state index contributed by atoms with van der Waals surface area (Å²) in [5.74, 6) is -2.60. The van der Waals surface area contributed by atoms with E-state index in [9.17, 15) is 14.4 Å². The Morgan fingerprint density at radius 3 is 2.15 bits per heavy atom. The zero-order valence-corrected chi connectivity index (χ0v) is 14.4. The molecule has 0 bridgehead atoms. The van der Waals surface area contributed by atoms with E-state index in [1.165, 1.54) is 0 Å². The highest BCUT2D eigenvalue weighted by atomic mass is 16.6. The minimum absolute atomic E-state index is 0.178. The maximum atomic E-state index is 12.9. The fourth-order valence-corrected chi connectivity index (χ4v) is 3.21. The number of hydrogen-bond acceptors (Lipinski definition) is 7. The highest BCUT2D eigenvalue weighted by Crippen LogP contribution is 2.47. The van der Waals surface area contributed by atoms with Crippen LogP contribution in [0.15, 0.2) is 48.2 Å². The van der Waals surface area contributed by atoms with Crippen LogP contribution in [-0.4, -0.2) is 39.2 Å². The van der Waals surface area contributed by atoms with Crippen LogP contribution in [0.1, 0.15) is 5.56 Å². The molecule has 0 saturated carbocycles. The lowest BCUT2D eigenvalue weighted by molar-refractivity contribution is -0.162. The first-order chi connectivity index (χ1) is 12.5. The van der Waals surface area contributed by atoms with Crippen LogP contribution in [0.25, 0.3) is 10.8 Å². The van der Waals surface area contributed by atoms with Crippen molar-refractivity contribution >= 4 is 28.7 Å². The van der Waals surface area contributed by atoms with E-state index in [0.29, 0.717) is 5.39 Å². The van der Waals surface area contributed by atoms with Gasteiger partial charge in [0.2, 0.25) is 5.41 Å². The lowest BCUT2D eigenvalue weighted by Gasteiger charge is -2.34. The molecule has 0 aromatic heterocycles. The Balaban J connectivity index is 2.49. The summed E-state index contributed by atoms with van der Waals surface area (Å²) in [6.07, 6.45) is 1.02. The molecule has 1 heterocycles. The Morgan fingerprint density at radius 1 is 0.885 bits per heavy atom. The molecule has 0 atom stereocenters. The lowest BCUT2D eigenvalue weighted by atomic mass is 9.71. The van der Waals surface area contributed by atoms with E-state index in [2.05, 4.69) is 0 Å². The molecular formula is C19H16O7. The Kier molecular flexibility index (Phi) is 4.38. The zero-order valence-electron chi connectivity index (χ0n) is 14.4. The highest BCUT2D eigenvalue weighted by Gasteiger charge is 2.60. The summed E-state index contributed by atoms with van der Waals surface area (Å²) >= 11 is 0. The zero-order chi connectivity index (χ0) is 18.9. The van der Waals surface area contributed by atoms with E-state index >= 15 is 0 Å².